The van der Waals surface area contributed by atoms with Gasteiger partial charge in [0.2, 0.25) is 5.91 Å². The van der Waals surface area contributed by atoms with Crippen molar-refractivity contribution in [1.82, 2.24) is 5.32 Å². The zero-order chi connectivity index (χ0) is 58.5. The summed E-state index contributed by atoms with van der Waals surface area (Å²) < 4.78 is 5.51. The van der Waals surface area contributed by atoms with Gasteiger partial charge in [-0.2, -0.15) is 0 Å². The van der Waals surface area contributed by atoms with E-state index in [2.05, 4.69) is 55.6 Å². The number of hydrogen-bond acceptors (Lipinski definition) is 5. The second kappa shape index (κ2) is 70.6. The molecule has 0 aliphatic carbocycles. The van der Waals surface area contributed by atoms with Gasteiger partial charge in [-0.3, -0.25) is 9.59 Å². The van der Waals surface area contributed by atoms with E-state index in [1.54, 1.807) is 0 Å². The van der Waals surface area contributed by atoms with Crippen molar-refractivity contribution in [2.45, 2.75) is 418 Å². The lowest BCUT2D eigenvalue weighted by atomic mass is 10.0. The number of amides is 1. The van der Waals surface area contributed by atoms with Gasteiger partial charge < -0.3 is 20.3 Å². The predicted octanol–water partition coefficient (Wildman–Crippen LogP) is 23.9. The largest absolute Gasteiger partial charge is 0.466 e. The first kappa shape index (κ1) is 79.1. The van der Waals surface area contributed by atoms with Crippen LogP contribution in [0.3, 0.4) is 0 Å². The fraction of sp³-hybridized carbons (Fsp3) is 0.893. The smallest absolute Gasteiger partial charge is 0.305 e. The lowest BCUT2D eigenvalue weighted by Gasteiger charge is -2.22. The highest BCUT2D eigenvalue weighted by Gasteiger charge is 2.20. The van der Waals surface area contributed by atoms with Gasteiger partial charge in [0.05, 0.1) is 25.4 Å². The Morgan fingerprint density at radius 3 is 0.951 bits per heavy atom. The highest BCUT2D eigenvalue weighted by atomic mass is 16.5. The van der Waals surface area contributed by atoms with Crippen LogP contribution in [0.1, 0.15) is 406 Å². The standard InChI is InChI=1S/C75H143NO5/c1-3-5-7-9-11-13-15-17-18-19-35-39-42-45-49-53-57-61-65-69-75(80)81-70-66-62-58-54-50-46-43-40-37-34-32-30-28-26-24-22-20-21-23-25-27-29-31-33-36-38-41-44-48-52-56-60-64-68-74(79)76-72(71-77)73(78)67-63-59-55-51-47-16-14-12-10-8-6-4-2/h17-18,24,26,30,32,72-73,77-78H,3-16,19-23,25,27-29,31,33-71H2,1-2H3,(H,76,79)/b18-17-,26-24-,32-30-. The SMILES string of the molecule is CCCCCCCC/C=C\CCCCCCCCCCCC(=O)OCCCCCCCCCCC/C=C\C/C=C\CCCCCCCCCCCCCCCCCCCC(=O)NC(CO)C(O)CCCCCCCCCCCCCC. The minimum absolute atomic E-state index is 0.0143. The third-order valence-electron chi connectivity index (χ3n) is 17.2. The summed E-state index contributed by atoms with van der Waals surface area (Å²) in [7, 11) is 0. The third-order valence-corrected chi connectivity index (χ3v) is 17.2. The molecule has 0 radical (unpaired) electrons. The highest BCUT2D eigenvalue weighted by Crippen LogP contribution is 2.19. The van der Waals surface area contributed by atoms with Gasteiger partial charge in [0.1, 0.15) is 0 Å². The van der Waals surface area contributed by atoms with Crippen LogP contribution >= 0.6 is 0 Å². The van der Waals surface area contributed by atoms with Crippen molar-refractivity contribution in [3.05, 3.63) is 36.5 Å². The Kier molecular flexibility index (Phi) is 68.9. The molecule has 0 aliphatic rings. The normalized spacial score (nSPS) is 12.7. The Morgan fingerprint density at radius 1 is 0.346 bits per heavy atom. The number of esters is 1. The highest BCUT2D eigenvalue weighted by molar-refractivity contribution is 5.76. The number of nitrogens with one attached hydrogen (secondary N) is 1. The molecule has 0 aromatic carbocycles. The van der Waals surface area contributed by atoms with E-state index in [-0.39, 0.29) is 18.5 Å². The van der Waals surface area contributed by atoms with Crippen molar-refractivity contribution in [2.24, 2.45) is 0 Å². The fourth-order valence-corrected chi connectivity index (χ4v) is 11.6. The van der Waals surface area contributed by atoms with Crippen LogP contribution in [0.15, 0.2) is 36.5 Å². The maximum atomic E-state index is 12.5. The summed E-state index contributed by atoms with van der Waals surface area (Å²) >= 11 is 0. The van der Waals surface area contributed by atoms with Crippen molar-refractivity contribution in [2.75, 3.05) is 13.2 Å². The number of unbranched alkanes of at least 4 members (excludes halogenated alkanes) is 52. The molecule has 0 aromatic heterocycles. The Hall–Kier alpha value is -1.92. The van der Waals surface area contributed by atoms with Crippen molar-refractivity contribution in [1.29, 1.82) is 0 Å². The molecule has 81 heavy (non-hydrogen) atoms. The number of allylic oxidation sites excluding steroid dienone is 6. The molecule has 0 spiro atoms. The maximum Gasteiger partial charge on any atom is 0.305 e. The van der Waals surface area contributed by atoms with Crippen LogP contribution in [0.2, 0.25) is 0 Å². The van der Waals surface area contributed by atoms with Crippen LogP contribution in [0.25, 0.3) is 0 Å². The van der Waals surface area contributed by atoms with E-state index in [9.17, 15) is 19.8 Å². The first-order valence-corrected chi connectivity index (χ1v) is 36.7. The molecule has 0 aliphatic heterocycles. The lowest BCUT2D eigenvalue weighted by Crippen LogP contribution is -2.45. The second-order valence-electron chi connectivity index (χ2n) is 25.3. The van der Waals surface area contributed by atoms with Gasteiger partial charge in [-0.15, -0.1) is 0 Å². The molecular formula is C75H143NO5. The van der Waals surface area contributed by atoms with E-state index >= 15 is 0 Å². The van der Waals surface area contributed by atoms with Gasteiger partial charge in [0.15, 0.2) is 0 Å². The molecule has 0 bridgehead atoms. The Labute approximate surface area is 506 Å². The lowest BCUT2D eigenvalue weighted by molar-refractivity contribution is -0.143. The van der Waals surface area contributed by atoms with E-state index in [0.717, 1.165) is 44.9 Å². The number of ether oxygens (including phenoxy) is 1. The average Bonchev–Trinajstić information content (AvgIpc) is 3.47. The third kappa shape index (κ3) is 67.1. The van der Waals surface area contributed by atoms with Crippen molar-refractivity contribution in [3.63, 3.8) is 0 Å². The fourth-order valence-electron chi connectivity index (χ4n) is 11.6. The first-order chi connectivity index (χ1) is 40.0. The minimum atomic E-state index is -0.662. The number of aliphatic hydroxyl groups is 2. The van der Waals surface area contributed by atoms with Gasteiger partial charge in [-0.1, -0.05) is 346 Å². The Morgan fingerprint density at radius 2 is 0.617 bits per heavy atom. The molecule has 2 unspecified atom stereocenters. The van der Waals surface area contributed by atoms with Crippen LogP contribution in [0.4, 0.5) is 0 Å². The number of carbonyl (C=O) groups excluding carboxylic acids is 2. The van der Waals surface area contributed by atoms with E-state index in [4.69, 9.17) is 4.74 Å². The summed E-state index contributed by atoms with van der Waals surface area (Å²) in [5, 5.41) is 23.3. The summed E-state index contributed by atoms with van der Waals surface area (Å²) in [5.41, 5.74) is 0. The summed E-state index contributed by atoms with van der Waals surface area (Å²) in [6.45, 7) is 4.97. The monoisotopic (exact) mass is 1140 g/mol. The summed E-state index contributed by atoms with van der Waals surface area (Å²) in [6.07, 6.45) is 90.7. The Bertz CT molecular complexity index is 1310. The molecule has 0 aromatic rings. The number of rotatable bonds is 69. The molecule has 3 N–H and O–H groups in total. The number of aliphatic hydroxyl groups excluding tert-OH is 2. The van der Waals surface area contributed by atoms with Gasteiger partial charge in [0.25, 0.3) is 0 Å². The molecule has 478 valence electrons. The molecule has 0 saturated carbocycles. The van der Waals surface area contributed by atoms with Crippen LogP contribution in [-0.4, -0.2) is 47.4 Å². The molecule has 6 heteroatoms. The van der Waals surface area contributed by atoms with Crippen molar-refractivity contribution >= 4 is 11.9 Å². The molecule has 0 rings (SSSR count). The van der Waals surface area contributed by atoms with Crippen LogP contribution in [0, 0.1) is 0 Å². The van der Waals surface area contributed by atoms with Crippen molar-refractivity contribution < 1.29 is 24.5 Å². The second-order valence-corrected chi connectivity index (χ2v) is 25.3. The van der Waals surface area contributed by atoms with Gasteiger partial charge >= 0.3 is 5.97 Å². The average molecular weight is 1140 g/mol. The summed E-state index contributed by atoms with van der Waals surface area (Å²) in [6, 6.07) is -0.539. The van der Waals surface area contributed by atoms with E-state index in [0.29, 0.717) is 25.9 Å². The van der Waals surface area contributed by atoms with Crippen LogP contribution in [0.5, 0.6) is 0 Å². The van der Waals surface area contributed by atoms with Gasteiger partial charge in [-0.25, -0.2) is 0 Å². The number of hydrogen-bond donors (Lipinski definition) is 3. The number of carbonyl (C=O) groups is 2. The van der Waals surface area contributed by atoms with Gasteiger partial charge in [-0.05, 0) is 83.5 Å². The van der Waals surface area contributed by atoms with E-state index in [1.165, 1.54) is 327 Å². The van der Waals surface area contributed by atoms with Crippen LogP contribution < -0.4 is 5.32 Å². The minimum Gasteiger partial charge on any atom is -0.466 e. The molecule has 0 heterocycles. The topological polar surface area (TPSA) is 95.9 Å². The zero-order valence-corrected chi connectivity index (χ0v) is 54.8. The molecule has 6 nitrogen and oxygen atoms in total. The van der Waals surface area contributed by atoms with E-state index < -0.39 is 12.1 Å². The van der Waals surface area contributed by atoms with Crippen LogP contribution in [-0.2, 0) is 14.3 Å². The van der Waals surface area contributed by atoms with Gasteiger partial charge in [0, 0.05) is 12.8 Å². The quantitative estimate of drug-likeness (QED) is 0.0320. The first-order valence-electron chi connectivity index (χ1n) is 36.7. The van der Waals surface area contributed by atoms with Crippen molar-refractivity contribution in [3.8, 4) is 0 Å². The molecule has 0 saturated heterocycles. The Balaban J connectivity index is 3.35. The molecule has 0 fully saturated rings. The maximum absolute atomic E-state index is 12.5. The zero-order valence-electron chi connectivity index (χ0n) is 54.8. The summed E-state index contributed by atoms with van der Waals surface area (Å²) in [5.74, 6) is -0.0176. The molecule has 1 amide bonds. The molecular weight excluding hydrogens is 995 g/mol. The molecule has 2 atom stereocenters. The van der Waals surface area contributed by atoms with E-state index in [1.807, 2.05) is 0 Å². The predicted molar refractivity (Wildman–Crippen MR) is 356 cm³/mol. The summed E-state index contributed by atoms with van der Waals surface area (Å²) in [4.78, 5) is 24.6.